The molecule has 0 spiro atoms. The summed E-state index contributed by atoms with van der Waals surface area (Å²) < 4.78 is 0. The van der Waals surface area contributed by atoms with Gasteiger partial charge in [0.2, 0.25) is 0 Å². The van der Waals surface area contributed by atoms with Crippen molar-refractivity contribution in [1.82, 2.24) is 9.97 Å². The number of rotatable bonds is 2. The third-order valence-corrected chi connectivity index (χ3v) is 3.20. The topological polar surface area (TPSA) is 46.0 Å². The summed E-state index contributed by atoms with van der Waals surface area (Å²) in [6, 6.07) is 13.5. The molecule has 0 aliphatic rings. The summed E-state index contributed by atoms with van der Waals surface area (Å²) in [5.74, 6) is 0. The van der Waals surface area contributed by atoms with E-state index in [9.17, 15) is 5.11 Å². The molecule has 1 aromatic carbocycles. The highest BCUT2D eigenvalue weighted by atomic mass is 16.3. The van der Waals surface area contributed by atoms with Gasteiger partial charge in [-0.1, -0.05) is 24.3 Å². The third kappa shape index (κ3) is 2.20. The molecule has 19 heavy (non-hydrogen) atoms. The summed E-state index contributed by atoms with van der Waals surface area (Å²) in [4.78, 5) is 8.52. The van der Waals surface area contributed by atoms with Crippen LogP contribution in [0.4, 0.5) is 0 Å². The van der Waals surface area contributed by atoms with Crippen LogP contribution in [0.1, 0.15) is 23.1 Å². The van der Waals surface area contributed by atoms with E-state index in [-0.39, 0.29) is 0 Å². The molecule has 0 aliphatic heterocycles. The van der Waals surface area contributed by atoms with Crippen LogP contribution in [0.3, 0.4) is 0 Å². The zero-order valence-electron chi connectivity index (χ0n) is 10.6. The van der Waals surface area contributed by atoms with E-state index in [1.807, 2.05) is 49.4 Å². The fourth-order valence-corrected chi connectivity index (χ4v) is 2.25. The van der Waals surface area contributed by atoms with Gasteiger partial charge in [0.25, 0.3) is 0 Å². The number of pyridine rings is 2. The Morgan fingerprint density at radius 1 is 1.05 bits per heavy atom. The van der Waals surface area contributed by atoms with E-state index in [1.54, 1.807) is 12.4 Å². The van der Waals surface area contributed by atoms with Crippen LogP contribution in [-0.4, -0.2) is 15.1 Å². The highest BCUT2D eigenvalue weighted by Crippen LogP contribution is 2.27. The minimum atomic E-state index is -0.729. The van der Waals surface area contributed by atoms with E-state index in [2.05, 4.69) is 9.97 Å². The second kappa shape index (κ2) is 4.78. The van der Waals surface area contributed by atoms with E-state index >= 15 is 0 Å². The van der Waals surface area contributed by atoms with Gasteiger partial charge in [0.1, 0.15) is 6.10 Å². The zero-order valence-corrected chi connectivity index (χ0v) is 10.6. The number of aromatic nitrogens is 2. The Balaban J connectivity index is 2.14. The molecular formula is C16H14N2O. The Morgan fingerprint density at radius 2 is 1.89 bits per heavy atom. The minimum absolute atomic E-state index is 0.663. The number of aliphatic hydroxyl groups excluding tert-OH is 1. The van der Waals surface area contributed by atoms with Crippen molar-refractivity contribution in [1.29, 1.82) is 0 Å². The van der Waals surface area contributed by atoms with E-state index in [0.717, 1.165) is 22.0 Å². The van der Waals surface area contributed by atoms with Gasteiger partial charge in [-0.2, -0.15) is 0 Å². The largest absolute Gasteiger partial charge is 0.382 e. The second-order valence-corrected chi connectivity index (χ2v) is 4.55. The molecule has 0 amide bonds. The maximum Gasteiger partial charge on any atom is 0.122 e. The Kier molecular flexibility index (Phi) is 2.97. The van der Waals surface area contributed by atoms with Crippen molar-refractivity contribution < 1.29 is 5.11 Å². The maximum absolute atomic E-state index is 10.5. The monoisotopic (exact) mass is 250 g/mol. The van der Waals surface area contributed by atoms with Crippen molar-refractivity contribution in [2.24, 2.45) is 0 Å². The highest BCUT2D eigenvalue weighted by Gasteiger charge is 2.14. The lowest BCUT2D eigenvalue weighted by Crippen LogP contribution is -2.03. The van der Waals surface area contributed by atoms with E-state index in [0.29, 0.717) is 5.69 Å². The molecule has 0 radical (unpaired) electrons. The third-order valence-electron chi connectivity index (χ3n) is 3.20. The number of benzene rings is 1. The van der Waals surface area contributed by atoms with Gasteiger partial charge in [-0.05, 0) is 36.1 Å². The van der Waals surface area contributed by atoms with Gasteiger partial charge in [0, 0.05) is 23.5 Å². The fourth-order valence-electron chi connectivity index (χ4n) is 2.25. The standard InChI is InChI=1S/C16H14N2O/c1-11-4-2-7-15(18-11)16(19)13-6-3-5-12-8-9-17-10-14(12)13/h2-10,16,19H,1H3. The molecule has 0 saturated heterocycles. The van der Waals surface area contributed by atoms with Gasteiger partial charge in [-0.3, -0.25) is 9.97 Å². The summed E-state index contributed by atoms with van der Waals surface area (Å²) in [6.45, 7) is 1.92. The highest BCUT2D eigenvalue weighted by molar-refractivity contribution is 5.85. The minimum Gasteiger partial charge on any atom is -0.382 e. The molecule has 3 rings (SSSR count). The normalized spacial score (nSPS) is 12.5. The predicted molar refractivity (Wildman–Crippen MR) is 74.8 cm³/mol. The van der Waals surface area contributed by atoms with Crippen molar-refractivity contribution in [3.8, 4) is 0 Å². The number of hydrogen-bond acceptors (Lipinski definition) is 3. The smallest absolute Gasteiger partial charge is 0.122 e. The summed E-state index contributed by atoms with van der Waals surface area (Å²) in [7, 11) is 0. The molecule has 2 aromatic heterocycles. The zero-order chi connectivity index (χ0) is 13.2. The van der Waals surface area contributed by atoms with Gasteiger partial charge in [0.15, 0.2) is 0 Å². The van der Waals surface area contributed by atoms with Crippen LogP contribution < -0.4 is 0 Å². The first-order valence-electron chi connectivity index (χ1n) is 6.20. The van der Waals surface area contributed by atoms with Gasteiger partial charge < -0.3 is 5.11 Å². The molecule has 0 fully saturated rings. The molecule has 94 valence electrons. The van der Waals surface area contributed by atoms with Crippen LogP contribution in [0.15, 0.2) is 54.9 Å². The molecule has 1 unspecified atom stereocenters. The Bertz CT molecular complexity index is 719. The number of aliphatic hydroxyl groups is 1. The number of hydrogen-bond donors (Lipinski definition) is 1. The number of nitrogens with zero attached hydrogens (tertiary/aromatic N) is 2. The second-order valence-electron chi connectivity index (χ2n) is 4.55. The van der Waals surface area contributed by atoms with Crippen LogP contribution in [-0.2, 0) is 0 Å². The Morgan fingerprint density at radius 3 is 2.74 bits per heavy atom. The first-order chi connectivity index (χ1) is 9.25. The van der Waals surface area contributed by atoms with Gasteiger partial charge in [-0.15, -0.1) is 0 Å². The van der Waals surface area contributed by atoms with Gasteiger partial charge >= 0.3 is 0 Å². The molecule has 1 N–H and O–H groups in total. The Labute approximate surface area is 111 Å². The van der Waals surface area contributed by atoms with Crippen molar-refractivity contribution in [3.63, 3.8) is 0 Å². The lowest BCUT2D eigenvalue weighted by molar-refractivity contribution is 0.216. The van der Waals surface area contributed by atoms with Crippen LogP contribution in [0.25, 0.3) is 10.8 Å². The van der Waals surface area contributed by atoms with Gasteiger partial charge in [0.05, 0.1) is 5.69 Å². The first kappa shape index (κ1) is 11.8. The van der Waals surface area contributed by atoms with E-state index < -0.39 is 6.10 Å². The summed E-state index contributed by atoms with van der Waals surface area (Å²) in [6.07, 6.45) is 2.81. The van der Waals surface area contributed by atoms with Crippen molar-refractivity contribution in [2.75, 3.05) is 0 Å². The van der Waals surface area contributed by atoms with Crippen molar-refractivity contribution >= 4 is 10.8 Å². The molecule has 3 nitrogen and oxygen atoms in total. The van der Waals surface area contributed by atoms with E-state index in [1.165, 1.54) is 0 Å². The average Bonchev–Trinajstić information content (AvgIpc) is 2.46. The van der Waals surface area contributed by atoms with Crippen LogP contribution in [0, 0.1) is 6.92 Å². The number of aryl methyl sites for hydroxylation is 1. The number of fused-ring (bicyclic) bond motifs is 1. The van der Waals surface area contributed by atoms with E-state index in [4.69, 9.17) is 0 Å². The van der Waals surface area contributed by atoms with Crippen LogP contribution in [0.2, 0.25) is 0 Å². The first-order valence-corrected chi connectivity index (χ1v) is 6.20. The quantitative estimate of drug-likeness (QED) is 0.760. The summed E-state index contributed by atoms with van der Waals surface area (Å²) in [5, 5.41) is 12.6. The summed E-state index contributed by atoms with van der Waals surface area (Å²) in [5.41, 5.74) is 2.40. The lowest BCUT2D eigenvalue weighted by atomic mass is 10.00. The molecule has 3 aromatic rings. The maximum atomic E-state index is 10.5. The summed E-state index contributed by atoms with van der Waals surface area (Å²) >= 11 is 0. The average molecular weight is 250 g/mol. The molecule has 0 saturated carbocycles. The van der Waals surface area contributed by atoms with Crippen LogP contribution >= 0.6 is 0 Å². The van der Waals surface area contributed by atoms with Gasteiger partial charge in [-0.25, -0.2) is 0 Å². The van der Waals surface area contributed by atoms with Crippen molar-refractivity contribution in [3.05, 3.63) is 71.8 Å². The SMILES string of the molecule is Cc1cccc(C(O)c2cccc3ccncc23)n1. The molecule has 0 aliphatic carbocycles. The van der Waals surface area contributed by atoms with Crippen LogP contribution in [0.5, 0.6) is 0 Å². The molecule has 1 atom stereocenters. The Hall–Kier alpha value is -2.26. The predicted octanol–water partition coefficient (Wildman–Crippen LogP) is 3.02. The lowest BCUT2D eigenvalue weighted by Gasteiger charge is -2.13. The molecule has 2 heterocycles. The van der Waals surface area contributed by atoms with Crippen molar-refractivity contribution in [2.45, 2.75) is 13.0 Å². The molecular weight excluding hydrogens is 236 g/mol. The molecule has 3 heteroatoms. The fraction of sp³-hybridized carbons (Fsp3) is 0.125. The molecule has 0 bridgehead atoms.